The first-order valence-corrected chi connectivity index (χ1v) is 6.60. The number of piperazine rings is 1. The normalized spacial score (nSPS) is 25.1. The van der Waals surface area contributed by atoms with Gasteiger partial charge in [-0.15, -0.1) is 0 Å². The zero-order chi connectivity index (χ0) is 11.8. The summed E-state index contributed by atoms with van der Waals surface area (Å²) >= 11 is 5.99. The van der Waals surface area contributed by atoms with Crippen LogP contribution in [0.25, 0.3) is 0 Å². The third-order valence-corrected chi connectivity index (χ3v) is 3.90. The zero-order valence-electron chi connectivity index (χ0n) is 10.1. The summed E-state index contributed by atoms with van der Waals surface area (Å²) in [6.07, 6.45) is 2.65. The zero-order valence-corrected chi connectivity index (χ0v) is 10.8. The van der Waals surface area contributed by atoms with Crippen molar-refractivity contribution in [2.45, 2.75) is 25.8 Å². The molecule has 4 nitrogen and oxygen atoms in total. The van der Waals surface area contributed by atoms with E-state index in [2.05, 4.69) is 19.8 Å². The summed E-state index contributed by atoms with van der Waals surface area (Å²) in [4.78, 5) is 13.5. The van der Waals surface area contributed by atoms with Crippen molar-refractivity contribution in [1.29, 1.82) is 0 Å². The lowest BCUT2D eigenvalue weighted by atomic mass is 10.1. The predicted molar refractivity (Wildman–Crippen MR) is 68.6 cm³/mol. The highest BCUT2D eigenvalue weighted by molar-refractivity contribution is 6.29. The SMILES string of the molecule is Cc1nc(Cl)cc(N2CCN3CCCC3C2)n1. The molecule has 0 aromatic carbocycles. The van der Waals surface area contributed by atoms with E-state index in [1.165, 1.54) is 19.4 Å². The van der Waals surface area contributed by atoms with Crippen molar-refractivity contribution in [2.75, 3.05) is 31.1 Å². The fourth-order valence-electron chi connectivity index (χ4n) is 2.88. The van der Waals surface area contributed by atoms with Crippen molar-refractivity contribution < 1.29 is 0 Å². The maximum atomic E-state index is 5.99. The van der Waals surface area contributed by atoms with Crippen LogP contribution in [0.15, 0.2) is 6.07 Å². The Labute approximate surface area is 107 Å². The van der Waals surface area contributed by atoms with E-state index in [1.54, 1.807) is 0 Å². The van der Waals surface area contributed by atoms with Crippen molar-refractivity contribution >= 4 is 17.4 Å². The van der Waals surface area contributed by atoms with Gasteiger partial charge in [-0.05, 0) is 26.3 Å². The van der Waals surface area contributed by atoms with Crippen LogP contribution in [0, 0.1) is 6.92 Å². The van der Waals surface area contributed by atoms with Crippen molar-refractivity contribution in [1.82, 2.24) is 14.9 Å². The van der Waals surface area contributed by atoms with Gasteiger partial charge in [0.1, 0.15) is 16.8 Å². The molecule has 0 amide bonds. The molecule has 3 rings (SSSR count). The van der Waals surface area contributed by atoms with Crippen molar-refractivity contribution in [3.63, 3.8) is 0 Å². The van der Waals surface area contributed by atoms with E-state index in [1.807, 2.05) is 13.0 Å². The summed E-state index contributed by atoms with van der Waals surface area (Å²) in [5, 5.41) is 0.543. The number of hydrogen-bond acceptors (Lipinski definition) is 4. The number of aromatic nitrogens is 2. The van der Waals surface area contributed by atoms with Crippen LogP contribution >= 0.6 is 11.6 Å². The molecule has 2 aliphatic heterocycles. The summed E-state index contributed by atoms with van der Waals surface area (Å²) < 4.78 is 0. The van der Waals surface area contributed by atoms with Crippen LogP contribution in [0.5, 0.6) is 0 Å². The fourth-order valence-corrected chi connectivity index (χ4v) is 3.10. The van der Waals surface area contributed by atoms with Crippen LogP contribution in [0.4, 0.5) is 5.82 Å². The smallest absolute Gasteiger partial charge is 0.134 e. The Balaban J connectivity index is 1.80. The molecule has 1 aromatic rings. The van der Waals surface area contributed by atoms with Crippen molar-refractivity contribution in [3.05, 3.63) is 17.0 Å². The van der Waals surface area contributed by atoms with Crippen molar-refractivity contribution in [3.8, 4) is 0 Å². The molecule has 5 heteroatoms. The molecule has 0 bridgehead atoms. The van der Waals surface area contributed by atoms with E-state index in [4.69, 9.17) is 11.6 Å². The minimum Gasteiger partial charge on any atom is -0.354 e. The molecule has 17 heavy (non-hydrogen) atoms. The van der Waals surface area contributed by atoms with Crippen LogP contribution in [-0.2, 0) is 0 Å². The third-order valence-electron chi connectivity index (χ3n) is 3.70. The Kier molecular flexibility index (Phi) is 2.92. The van der Waals surface area contributed by atoms with Gasteiger partial charge < -0.3 is 4.90 Å². The maximum absolute atomic E-state index is 5.99. The predicted octanol–water partition coefficient (Wildman–Crippen LogP) is 1.72. The molecule has 0 aliphatic carbocycles. The molecule has 2 fully saturated rings. The standard InChI is InChI=1S/C12H17ClN4/c1-9-14-11(13)7-12(15-9)17-6-5-16-4-2-3-10(16)8-17/h7,10H,2-6,8H2,1H3. The first kappa shape index (κ1) is 11.2. The second-order valence-corrected chi connectivity index (χ2v) is 5.26. The van der Waals surface area contributed by atoms with E-state index >= 15 is 0 Å². The number of rotatable bonds is 1. The number of fused-ring (bicyclic) bond motifs is 1. The van der Waals surface area contributed by atoms with Crippen LogP contribution in [0.2, 0.25) is 5.15 Å². The Morgan fingerprint density at radius 1 is 1.29 bits per heavy atom. The van der Waals surface area contributed by atoms with Gasteiger partial charge in [0.15, 0.2) is 0 Å². The molecule has 3 heterocycles. The number of nitrogens with zero attached hydrogens (tertiary/aromatic N) is 4. The minimum atomic E-state index is 0.543. The first-order chi connectivity index (χ1) is 8.22. The van der Waals surface area contributed by atoms with Gasteiger partial charge in [-0.3, -0.25) is 4.90 Å². The number of anilines is 1. The lowest BCUT2D eigenvalue weighted by molar-refractivity contribution is 0.230. The summed E-state index contributed by atoms with van der Waals surface area (Å²) in [5.41, 5.74) is 0. The third kappa shape index (κ3) is 2.24. The average molecular weight is 253 g/mol. The van der Waals surface area contributed by atoms with Crippen LogP contribution in [-0.4, -0.2) is 47.1 Å². The molecule has 1 unspecified atom stereocenters. The molecule has 0 radical (unpaired) electrons. The quantitative estimate of drug-likeness (QED) is 0.713. The molecule has 1 aromatic heterocycles. The van der Waals surface area contributed by atoms with Crippen LogP contribution < -0.4 is 4.90 Å². The molecular weight excluding hydrogens is 236 g/mol. The monoisotopic (exact) mass is 252 g/mol. The van der Waals surface area contributed by atoms with Gasteiger partial charge in [0.25, 0.3) is 0 Å². The Hall–Kier alpha value is -0.870. The van der Waals surface area contributed by atoms with Crippen LogP contribution in [0.1, 0.15) is 18.7 Å². The van der Waals surface area contributed by atoms with Gasteiger partial charge in [-0.1, -0.05) is 11.6 Å². The largest absolute Gasteiger partial charge is 0.354 e. The highest BCUT2D eigenvalue weighted by atomic mass is 35.5. The number of aryl methyl sites for hydroxylation is 1. The topological polar surface area (TPSA) is 32.3 Å². The number of hydrogen-bond donors (Lipinski definition) is 0. The highest BCUT2D eigenvalue weighted by Gasteiger charge is 2.31. The van der Waals surface area contributed by atoms with E-state index < -0.39 is 0 Å². The van der Waals surface area contributed by atoms with Gasteiger partial charge in [0.05, 0.1) is 0 Å². The lowest BCUT2D eigenvalue weighted by Gasteiger charge is -2.38. The van der Waals surface area contributed by atoms with Gasteiger partial charge >= 0.3 is 0 Å². The number of halogens is 1. The summed E-state index contributed by atoms with van der Waals surface area (Å²) in [6.45, 7) is 6.42. The molecule has 0 spiro atoms. The molecule has 0 saturated carbocycles. The second-order valence-electron chi connectivity index (χ2n) is 4.87. The highest BCUT2D eigenvalue weighted by Crippen LogP contribution is 2.25. The molecule has 0 N–H and O–H groups in total. The lowest BCUT2D eigenvalue weighted by Crippen LogP contribution is -2.50. The first-order valence-electron chi connectivity index (χ1n) is 6.22. The van der Waals surface area contributed by atoms with Gasteiger partial charge in [0.2, 0.25) is 0 Å². The molecule has 2 aliphatic rings. The van der Waals surface area contributed by atoms with E-state index in [0.29, 0.717) is 11.2 Å². The Bertz CT molecular complexity index is 403. The minimum absolute atomic E-state index is 0.543. The van der Waals surface area contributed by atoms with E-state index in [0.717, 1.165) is 31.3 Å². The molecule has 2 saturated heterocycles. The average Bonchev–Trinajstić information content (AvgIpc) is 2.74. The summed E-state index contributed by atoms with van der Waals surface area (Å²) in [6, 6.07) is 2.58. The van der Waals surface area contributed by atoms with E-state index in [-0.39, 0.29) is 0 Å². The molecular formula is C12H17ClN4. The maximum Gasteiger partial charge on any atom is 0.134 e. The summed E-state index contributed by atoms with van der Waals surface area (Å²) in [5.74, 6) is 1.73. The Morgan fingerprint density at radius 2 is 2.18 bits per heavy atom. The fraction of sp³-hybridized carbons (Fsp3) is 0.667. The van der Waals surface area contributed by atoms with Gasteiger partial charge in [0, 0.05) is 31.7 Å². The summed E-state index contributed by atoms with van der Waals surface area (Å²) in [7, 11) is 0. The molecule has 92 valence electrons. The van der Waals surface area contributed by atoms with Gasteiger partial charge in [-0.2, -0.15) is 0 Å². The van der Waals surface area contributed by atoms with Gasteiger partial charge in [-0.25, -0.2) is 9.97 Å². The van der Waals surface area contributed by atoms with E-state index in [9.17, 15) is 0 Å². The second kappa shape index (κ2) is 4.42. The van der Waals surface area contributed by atoms with Crippen LogP contribution in [0.3, 0.4) is 0 Å². The molecule has 1 atom stereocenters. The van der Waals surface area contributed by atoms with Crippen molar-refractivity contribution in [2.24, 2.45) is 0 Å². The Morgan fingerprint density at radius 3 is 3.00 bits per heavy atom.